The molecule has 1 saturated carbocycles. The van der Waals surface area contributed by atoms with Crippen LogP contribution in [0, 0.1) is 5.92 Å². The Morgan fingerprint density at radius 3 is 2.86 bits per heavy atom. The lowest BCUT2D eigenvalue weighted by atomic mass is 10.0. The van der Waals surface area contributed by atoms with Crippen molar-refractivity contribution in [3.8, 4) is 0 Å². The van der Waals surface area contributed by atoms with Gasteiger partial charge in [0.15, 0.2) is 0 Å². The van der Waals surface area contributed by atoms with Gasteiger partial charge >= 0.3 is 0 Å². The van der Waals surface area contributed by atoms with E-state index in [1.165, 1.54) is 12.8 Å². The molecule has 4 heteroatoms. The molecule has 0 aromatic carbocycles. The smallest absolute Gasteiger partial charge is 0.120 e. The highest BCUT2D eigenvalue weighted by atomic mass is 79.9. The molecule has 0 unspecified atom stereocenters. The lowest BCUT2D eigenvalue weighted by Crippen LogP contribution is -2.12. The van der Waals surface area contributed by atoms with Crippen molar-refractivity contribution in [1.82, 2.24) is 4.98 Å². The van der Waals surface area contributed by atoms with Crippen LogP contribution in [-0.4, -0.2) is 4.98 Å². The highest BCUT2D eigenvalue weighted by Crippen LogP contribution is 2.38. The molecular weight excluding hydrogens is 308 g/mol. The molecule has 0 amide bonds. The number of halogens is 2. The Labute approximate surface area is 101 Å². The summed E-state index contributed by atoms with van der Waals surface area (Å²) in [5, 5.41) is 0. The molecule has 0 bridgehead atoms. The number of rotatable bonds is 3. The van der Waals surface area contributed by atoms with Gasteiger partial charge in [-0.05, 0) is 55.8 Å². The zero-order chi connectivity index (χ0) is 10.1. The summed E-state index contributed by atoms with van der Waals surface area (Å²) in [7, 11) is 0. The molecule has 0 radical (unpaired) electrons. The number of hydrogen-bond acceptors (Lipinski definition) is 2. The molecule has 1 heterocycles. The van der Waals surface area contributed by atoms with Gasteiger partial charge in [-0.25, -0.2) is 4.98 Å². The van der Waals surface area contributed by atoms with Crippen molar-refractivity contribution in [3.05, 3.63) is 26.9 Å². The number of aromatic nitrogens is 1. The maximum atomic E-state index is 6.13. The molecule has 2 nitrogen and oxygen atoms in total. The zero-order valence-corrected chi connectivity index (χ0v) is 10.9. The Hall–Kier alpha value is 0.0700. The van der Waals surface area contributed by atoms with Crippen LogP contribution >= 0.6 is 31.9 Å². The molecule has 76 valence electrons. The molecule has 0 aliphatic heterocycles. The van der Waals surface area contributed by atoms with Crippen molar-refractivity contribution in [3.63, 3.8) is 0 Å². The quantitative estimate of drug-likeness (QED) is 0.867. The first kappa shape index (κ1) is 10.6. The second-order valence-electron chi connectivity index (χ2n) is 3.79. The minimum Gasteiger partial charge on any atom is -0.324 e. The van der Waals surface area contributed by atoms with E-state index in [0.717, 1.165) is 27.0 Å². The Morgan fingerprint density at radius 1 is 1.50 bits per heavy atom. The van der Waals surface area contributed by atoms with Gasteiger partial charge in [0.25, 0.3) is 0 Å². The summed E-state index contributed by atoms with van der Waals surface area (Å²) < 4.78 is 1.83. The third kappa shape index (κ3) is 2.35. The summed E-state index contributed by atoms with van der Waals surface area (Å²) in [5.74, 6) is 0.851. The van der Waals surface area contributed by atoms with Crippen molar-refractivity contribution in [2.45, 2.75) is 25.3 Å². The first-order valence-electron chi connectivity index (χ1n) is 4.74. The van der Waals surface area contributed by atoms with Crippen molar-refractivity contribution in [2.75, 3.05) is 0 Å². The summed E-state index contributed by atoms with van der Waals surface area (Å²) in [5.41, 5.74) is 7.28. The lowest BCUT2D eigenvalue weighted by Gasteiger charge is -2.13. The van der Waals surface area contributed by atoms with Gasteiger partial charge in [0, 0.05) is 12.2 Å². The van der Waals surface area contributed by atoms with Crippen LogP contribution in [0.1, 0.15) is 30.9 Å². The summed E-state index contributed by atoms with van der Waals surface area (Å²) in [6.45, 7) is 0. The van der Waals surface area contributed by atoms with Gasteiger partial charge in [-0.1, -0.05) is 12.8 Å². The molecule has 1 aromatic rings. The maximum absolute atomic E-state index is 6.13. The molecule has 0 saturated heterocycles. The lowest BCUT2D eigenvalue weighted by molar-refractivity contribution is 0.594. The molecule has 2 rings (SSSR count). The van der Waals surface area contributed by atoms with Gasteiger partial charge in [0.2, 0.25) is 0 Å². The van der Waals surface area contributed by atoms with Gasteiger partial charge in [0.05, 0.1) is 4.47 Å². The van der Waals surface area contributed by atoms with Gasteiger partial charge < -0.3 is 5.73 Å². The Bertz CT molecular complexity index is 337. The standard InChI is InChI=1S/C10H12Br2N2/c11-9-7(3-4-14-10(9)12)8(13)5-6-1-2-6/h3-4,6,8H,1-2,5,13H2/t8-/m0/s1. The highest BCUT2D eigenvalue weighted by molar-refractivity contribution is 9.13. The van der Waals surface area contributed by atoms with Crippen LogP contribution in [0.25, 0.3) is 0 Å². The van der Waals surface area contributed by atoms with Crippen LogP contribution in [0.4, 0.5) is 0 Å². The van der Waals surface area contributed by atoms with E-state index in [-0.39, 0.29) is 6.04 Å². The fourth-order valence-electron chi connectivity index (χ4n) is 1.56. The van der Waals surface area contributed by atoms with Gasteiger partial charge in [-0.15, -0.1) is 0 Å². The topological polar surface area (TPSA) is 38.9 Å². The van der Waals surface area contributed by atoms with E-state index in [2.05, 4.69) is 36.8 Å². The van der Waals surface area contributed by atoms with E-state index in [4.69, 9.17) is 5.73 Å². The van der Waals surface area contributed by atoms with E-state index in [0.29, 0.717) is 0 Å². The third-order valence-corrected chi connectivity index (χ3v) is 4.53. The van der Waals surface area contributed by atoms with Crippen LogP contribution in [-0.2, 0) is 0 Å². The molecule has 1 atom stereocenters. The van der Waals surface area contributed by atoms with Gasteiger partial charge in [-0.3, -0.25) is 0 Å². The van der Waals surface area contributed by atoms with E-state index in [1.807, 2.05) is 6.07 Å². The predicted octanol–water partition coefficient (Wildman–Crippen LogP) is 3.41. The average molecular weight is 320 g/mol. The van der Waals surface area contributed by atoms with Crippen molar-refractivity contribution >= 4 is 31.9 Å². The van der Waals surface area contributed by atoms with Crippen molar-refractivity contribution in [2.24, 2.45) is 11.7 Å². The minimum absolute atomic E-state index is 0.135. The van der Waals surface area contributed by atoms with Crippen molar-refractivity contribution in [1.29, 1.82) is 0 Å². The molecule has 1 fully saturated rings. The first-order chi connectivity index (χ1) is 6.68. The SMILES string of the molecule is N[C@@H](CC1CC1)c1ccnc(Br)c1Br. The van der Waals surface area contributed by atoms with E-state index in [9.17, 15) is 0 Å². The first-order valence-corrected chi connectivity index (χ1v) is 6.32. The van der Waals surface area contributed by atoms with Crippen molar-refractivity contribution < 1.29 is 0 Å². The average Bonchev–Trinajstić information content (AvgIpc) is 2.93. The summed E-state index contributed by atoms with van der Waals surface area (Å²) in [6.07, 6.45) is 5.57. The molecule has 1 aromatic heterocycles. The number of nitrogens with zero attached hydrogens (tertiary/aromatic N) is 1. The van der Waals surface area contributed by atoms with Crippen LogP contribution in [0.3, 0.4) is 0 Å². The van der Waals surface area contributed by atoms with Crippen LogP contribution in [0.5, 0.6) is 0 Å². The Balaban J connectivity index is 2.16. The fraction of sp³-hybridized carbons (Fsp3) is 0.500. The largest absolute Gasteiger partial charge is 0.324 e. The number of pyridine rings is 1. The van der Waals surface area contributed by atoms with Crippen LogP contribution < -0.4 is 5.73 Å². The van der Waals surface area contributed by atoms with Crippen LogP contribution in [0.2, 0.25) is 0 Å². The van der Waals surface area contributed by atoms with E-state index in [1.54, 1.807) is 6.20 Å². The molecular formula is C10H12Br2N2. The number of nitrogens with two attached hydrogens (primary N) is 1. The Morgan fingerprint density at radius 2 is 2.21 bits per heavy atom. The van der Waals surface area contributed by atoms with Gasteiger partial charge in [0.1, 0.15) is 4.60 Å². The zero-order valence-electron chi connectivity index (χ0n) is 7.71. The molecule has 14 heavy (non-hydrogen) atoms. The molecule has 1 aliphatic rings. The fourth-order valence-corrected chi connectivity index (χ4v) is 2.43. The van der Waals surface area contributed by atoms with E-state index < -0.39 is 0 Å². The third-order valence-electron chi connectivity index (χ3n) is 2.56. The number of hydrogen-bond donors (Lipinski definition) is 1. The van der Waals surface area contributed by atoms with Gasteiger partial charge in [-0.2, -0.15) is 0 Å². The van der Waals surface area contributed by atoms with E-state index >= 15 is 0 Å². The maximum Gasteiger partial charge on any atom is 0.120 e. The molecule has 0 spiro atoms. The van der Waals surface area contributed by atoms with Crippen LogP contribution in [0.15, 0.2) is 21.3 Å². The summed E-state index contributed by atoms with van der Waals surface area (Å²) >= 11 is 6.88. The highest BCUT2D eigenvalue weighted by Gasteiger charge is 2.25. The minimum atomic E-state index is 0.135. The summed E-state index contributed by atoms with van der Waals surface area (Å²) in [4.78, 5) is 4.13. The molecule has 1 aliphatic carbocycles. The molecule has 2 N–H and O–H groups in total. The normalized spacial score (nSPS) is 18.2. The summed E-state index contributed by atoms with van der Waals surface area (Å²) in [6, 6.07) is 2.12. The predicted molar refractivity (Wildman–Crippen MR) is 63.9 cm³/mol. The second-order valence-corrected chi connectivity index (χ2v) is 5.33. The second kappa shape index (κ2) is 4.29. The monoisotopic (exact) mass is 318 g/mol. The Kier molecular flexibility index (Phi) is 3.24.